The van der Waals surface area contributed by atoms with E-state index in [9.17, 15) is 5.11 Å². The summed E-state index contributed by atoms with van der Waals surface area (Å²) in [5, 5.41) is 14.0. The summed E-state index contributed by atoms with van der Waals surface area (Å²) in [6.07, 6.45) is 9.10. The first-order valence-corrected chi connectivity index (χ1v) is 5.05. The van der Waals surface area contributed by atoms with Crippen molar-refractivity contribution in [2.45, 2.75) is 44.2 Å². The van der Waals surface area contributed by atoms with Gasteiger partial charge in [0.2, 0.25) is 0 Å². The molecule has 3 nitrogen and oxygen atoms in total. The molecule has 0 spiro atoms. The summed E-state index contributed by atoms with van der Waals surface area (Å²) in [5.74, 6) is 0. The molecule has 2 atom stereocenters. The fraction of sp³-hybridized carbons (Fsp3) is 0.700. The van der Waals surface area contributed by atoms with Gasteiger partial charge in [0.05, 0.1) is 12.1 Å². The molecule has 13 heavy (non-hydrogen) atoms. The van der Waals surface area contributed by atoms with Gasteiger partial charge in [0.1, 0.15) is 0 Å². The second-order valence-corrected chi connectivity index (χ2v) is 3.76. The Balaban J connectivity index is 2.11. The van der Waals surface area contributed by atoms with Crippen molar-refractivity contribution in [2.75, 3.05) is 0 Å². The number of aliphatic hydroxyl groups excluding tert-OH is 1. The maximum absolute atomic E-state index is 9.86. The Morgan fingerprint density at radius 1 is 1.23 bits per heavy atom. The first-order valence-electron chi connectivity index (χ1n) is 5.05. The van der Waals surface area contributed by atoms with Crippen LogP contribution in [0.1, 0.15) is 38.1 Å². The molecule has 1 aromatic rings. The maximum atomic E-state index is 9.86. The zero-order valence-corrected chi connectivity index (χ0v) is 7.76. The largest absolute Gasteiger partial charge is 0.391 e. The molecule has 2 unspecified atom stereocenters. The zero-order chi connectivity index (χ0) is 9.10. The number of rotatable bonds is 1. The highest BCUT2D eigenvalue weighted by atomic mass is 16.3. The molecule has 0 aromatic carbocycles. The van der Waals surface area contributed by atoms with Crippen molar-refractivity contribution < 1.29 is 5.11 Å². The molecule has 1 heterocycles. The average molecular weight is 180 g/mol. The van der Waals surface area contributed by atoms with Crippen molar-refractivity contribution in [1.29, 1.82) is 0 Å². The van der Waals surface area contributed by atoms with Gasteiger partial charge in [-0.2, -0.15) is 5.10 Å². The van der Waals surface area contributed by atoms with Crippen LogP contribution in [0.25, 0.3) is 0 Å². The molecule has 3 heteroatoms. The van der Waals surface area contributed by atoms with Crippen molar-refractivity contribution in [3.63, 3.8) is 0 Å². The molecule has 0 amide bonds. The molecule has 1 saturated carbocycles. The standard InChI is InChI=1S/C10H16N2O/c13-10-6-3-1-2-5-9(10)12-8-4-7-11-12/h4,7-10,13H,1-3,5-6H2. The molecule has 0 aliphatic heterocycles. The van der Waals surface area contributed by atoms with Gasteiger partial charge in [-0.25, -0.2) is 0 Å². The third-order valence-electron chi connectivity index (χ3n) is 2.81. The van der Waals surface area contributed by atoms with E-state index < -0.39 is 0 Å². The van der Waals surface area contributed by atoms with Gasteiger partial charge in [0, 0.05) is 12.4 Å². The van der Waals surface area contributed by atoms with Crippen LogP contribution in [-0.4, -0.2) is 21.0 Å². The summed E-state index contributed by atoms with van der Waals surface area (Å²) >= 11 is 0. The Labute approximate surface area is 78.4 Å². The summed E-state index contributed by atoms with van der Waals surface area (Å²) in [5.41, 5.74) is 0. The molecule has 1 N–H and O–H groups in total. The van der Waals surface area contributed by atoms with Gasteiger partial charge < -0.3 is 5.11 Å². The highest BCUT2D eigenvalue weighted by Gasteiger charge is 2.22. The van der Waals surface area contributed by atoms with Crippen molar-refractivity contribution in [3.05, 3.63) is 18.5 Å². The third kappa shape index (κ3) is 1.91. The predicted octanol–water partition coefficient (Wildman–Crippen LogP) is 1.75. The Kier molecular flexibility index (Phi) is 2.64. The van der Waals surface area contributed by atoms with Crippen molar-refractivity contribution in [2.24, 2.45) is 0 Å². The first kappa shape index (κ1) is 8.75. The molecule has 0 saturated heterocycles. The Hall–Kier alpha value is -0.830. The minimum atomic E-state index is -0.206. The van der Waals surface area contributed by atoms with Gasteiger partial charge in [-0.3, -0.25) is 4.68 Å². The molecule has 72 valence electrons. The number of aromatic nitrogens is 2. The molecule has 1 aliphatic carbocycles. The topological polar surface area (TPSA) is 38.0 Å². The van der Waals surface area contributed by atoms with Crippen molar-refractivity contribution in [3.8, 4) is 0 Å². The van der Waals surface area contributed by atoms with Crippen LogP contribution in [0, 0.1) is 0 Å². The summed E-state index contributed by atoms with van der Waals surface area (Å²) in [6.45, 7) is 0. The Morgan fingerprint density at radius 2 is 2.08 bits per heavy atom. The monoisotopic (exact) mass is 180 g/mol. The fourth-order valence-corrected chi connectivity index (χ4v) is 2.05. The molecular weight excluding hydrogens is 164 g/mol. The maximum Gasteiger partial charge on any atom is 0.0778 e. The second-order valence-electron chi connectivity index (χ2n) is 3.76. The van der Waals surface area contributed by atoms with E-state index in [-0.39, 0.29) is 12.1 Å². The quantitative estimate of drug-likeness (QED) is 0.668. The van der Waals surface area contributed by atoms with Crippen LogP contribution in [-0.2, 0) is 0 Å². The van der Waals surface area contributed by atoms with E-state index in [0.717, 1.165) is 19.3 Å². The zero-order valence-electron chi connectivity index (χ0n) is 7.76. The summed E-state index contributed by atoms with van der Waals surface area (Å²) in [4.78, 5) is 0. The Morgan fingerprint density at radius 3 is 2.85 bits per heavy atom. The van der Waals surface area contributed by atoms with E-state index in [2.05, 4.69) is 5.10 Å². The minimum absolute atomic E-state index is 0.206. The smallest absolute Gasteiger partial charge is 0.0778 e. The molecule has 1 fully saturated rings. The van der Waals surface area contributed by atoms with Crippen molar-refractivity contribution >= 4 is 0 Å². The number of nitrogens with zero attached hydrogens (tertiary/aromatic N) is 2. The normalized spacial score (nSPS) is 29.9. The lowest BCUT2D eigenvalue weighted by Gasteiger charge is -2.20. The van der Waals surface area contributed by atoms with Crippen LogP contribution in [0.4, 0.5) is 0 Å². The van der Waals surface area contributed by atoms with Crippen LogP contribution >= 0.6 is 0 Å². The molecule has 1 aliphatic rings. The minimum Gasteiger partial charge on any atom is -0.391 e. The highest BCUT2D eigenvalue weighted by Crippen LogP contribution is 2.26. The molecule has 1 aromatic heterocycles. The van der Waals surface area contributed by atoms with Gasteiger partial charge in [0.25, 0.3) is 0 Å². The van der Waals surface area contributed by atoms with Crippen molar-refractivity contribution in [1.82, 2.24) is 9.78 Å². The SMILES string of the molecule is OC1CCCCCC1n1cccn1. The van der Waals surface area contributed by atoms with E-state index in [1.807, 2.05) is 16.9 Å². The lowest BCUT2D eigenvalue weighted by atomic mass is 10.1. The molecule has 2 rings (SSSR count). The second kappa shape index (κ2) is 3.92. The fourth-order valence-electron chi connectivity index (χ4n) is 2.05. The third-order valence-corrected chi connectivity index (χ3v) is 2.81. The van der Waals surface area contributed by atoms with Gasteiger partial charge in [-0.15, -0.1) is 0 Å². The van der Waals surface area contributed by atoms with E-state index in [4.69, 9.17) is 0 Å². The lowest BCUT2D eigenvalue weighted by molar-refractivity contribution is 0.0991. The van der Waals surface area contributed by atoms with Crippen LogP contribution in [0.2, 0.25) is 0 Å². The lowest BCUT2D eigenvalue weighted by Crippen LogP contribution is -2.23. The van der Waals surface area contributed by atoms with Gasteiger partial charge in [0.15, 0.2) is 0 Å². The van der Waals surface area contributed by atoms with Crippen LogP contribution < -0.4 is 0 Å². The van der Waals surface area contributed by atoms with E-state index >= 15 is 0 Å². The predicted molar refractivity (Wildman–Crippen MR) is 50.4 cm³/mol. The van der Waals surface area contributed by atoms with Gasteiger partial charge in [-0.05, 0) is 18.9 Å². The summed E-state index contributed by atoms with van der Waals surface area (Å²) in [6, 6.07) is 2.12. The summed E-state index contributed by atoms with van der Waals surface area (Å²) in [7, 11) is 0. The van der Waals surface area contributed by atoms with Gasteiger partial charge >= 0.3 is 0 Å². The van der Waals surface area contributed by atoms with E-state index in [1.165, 1.54) is 12.8 Å². The van der Waals surface area contributed by atoms with E-state index in [1.54, 1.807) is 6.20 Å². The highest BCUT2D eigenvalue weighted by molar-refractivity contribution is 4.85. The number of hydrogen-bond donors (Lipinski definition) is 1. The number of hydrogen-bond acceptors (Lipinski definition) is 2. The molecule has 0 bridgehead atoms. The Bertz CT molecular complexity index is 245. The number of aliphatic hydroxyl groups is 1. The van der Waals surface area contributed by atoms with E-state index in [0.29, 0.717) is 0 Å². The first-order chi connectivity index (χ1) is 6.38. The van der Waals surface area contributed by atoms with Crippen LogP contribution in [0.15, 0.2) is 18.5 Å². The average Bonchev–Trinajstić information content (AvgIpc) is 2.56. The summed E-state index contributed by atoms with van der Waals surface area (Å²) < 4.78 is 1.90. The van der Waals surface area contributed by atoms with Gasteiger partial charge in [-0.1, -0.05) is 19.3 Å². The van der Waals surface area contributed by atoms with Crippen LogP contribution in [0.5, 0.6) is 0 Å². The molecule has 0 radical (unpaired) electrons. The molecular formula is C10H16N2O. The van der Waals surface area contributed by atoms with Crippen LogP contribution in [0.3, 0.4) is 0 Å².